The lowest BCUT2D eigenvalue weighted by atomic mass is 10.2. The second-order valence-electron chi connectivity index (χ2n) is 2.24. The minimum atomic E-state index is -0.337. The number of hydrogen-bond acceptors (Lipinski definition) is 3. The molecule has 58 valence electrons. The van der Waals surface area contributed by atoms with Gasteiger partial charge >= 0.3 is 0 Å². The summed E-state index contributed by atoms with van der Waals surface area (Å²) in [6.45, 7) is 1.68. The fourth-order valence-electron chi connectivity index (χ4n) is 0.879. The van der Waals surface area contributed by atoms with Crippen molar-refractivity contribution in [3.05, 3.63) is 0 Å². The Hall–Kier alpha value is -0.610. The van der Waals surface area contributed by atoms with Crippen LogP contribution < -0.4 is 5.73 Å². The molecule has 0 saturated carbocycles. The van der Waals surface area contributed by atoms with Crippen LogP contribution in [-0.2, 0) is 14.3 Å². The zero-order valence-corrected chi connectivity index (χ0v) is 5.71. The zero-order valence-electron chi connectivity index (χ0n) is 5.71. The van der Waals surface area contributed by atoms with Gasteiger partial charge < -0.3 is 15.2 Å². The molecule has 1 atom stereocenters. The van der Waals surface area contributed by atoms with Crippen LogP contribution in [0.3, 0.4) is 0 Å². The molecule has 0 unspecified atom stereocenters. The van der Waals surface area contributed by atoms with Gasteiger partial charge in [0, 0.05) is 0 Å². The lowest BCUT2D eigenvalue weighted by molar-refractivity contribution is -0.128. The molecule has 0 aromatic carbocycles. The second-order valence-corrected chi connectivity index (χ2v) is 2.24. The second kappa shape index (κ2) is 3.53. The van der Waals surface area contributed by atoms with E-state index in [1.807, 2.05) is 0 Å². The third-order valence-electron chi connectivity index (χ3n) is 1.31. The van der Waals surface area contributed by atoms with Crippen molar-refractivity contribution < 1.29 is 14.3 Å². The lowest BCUT2D eigenvalue weighted by Gasteiger charge is -2.21. The molecular weight excluding hydrogens is 134 g/mol. The molecule has 0 spiro atoms. The fraction of sp³-hybridized carbons (Fsp3) is 0.833. The summed E-state index contributed by atoms with van der Waals surface area (Å²) in [5, 5.41) is 0. The molecule has 0 radical (unpaired) electrons. The number of rotatable bonds is 2. The fourth-order valence-corrected chi connectivity index (χ4v) is 0.879. The molecule has 0 aliphatic carbocycles. The van der Waals surface area contributed by atoms with Crippen molar-refractivity contribution >= 4 is 5.91 Å². The summed E-state index contributed by atoms with van der Waals surface area (Å²) in [7, 11) is 0. The van der Waals surface area contributed by atoms with Crippen molar-refractivity contribution in [1.82, 2.24) is 0 Å². The first-order valence-corrected chi connectivity index (χ1v) is 3.26. The topological polar surface area (TPSA) is 61.6 Å². The highest BCUT2D eigenvalue weighted by Gasteiger charge is 2.15. The first kappa shape index (κ1) is 7.50. The van der Waals surface area contributed by atoms with E-state index in [-0.39, 0.29) is 18.4 Å². The Labute approximate surface area is 59.3 Å². The highest BCUT2D eigenvalue weighted by molar-refractivity contribution is 5.74. The summed E-state index contributed by atoms with van der Waals surface area (Å²) in [6, 6.07) is 0. The van der Waals surface area contributed by atoms with Crippen molar-refractivity contribution in [1.29, 1.82) is 0 Å². The van der Waals surface area contributed by atoms with Gasteiger partial charge in [-0.25, -0.2) is 0 Å². The van der Waals surface area contributed by atoms with Gasteiger partial charge in [-0.1, -0.05) is 0 Å². The third kappa shape index (κ3) is 2.33. The van der Waals surface area contributed by atoms with Crippen LogP contribution >= 0.6 is 0 Å². The molecule has 1 aliphatic heterocycles. The van der Waals surface area contributed by atoms with Gasteiger partial charge in [0.1, 0.15) is 0 Å². The van der Waals surface area contributed by atoms with Crippen LogP contribution in [0.25, 0.3) is 0 Å². The molecule has 1 rings (SSSR count). The molecule has 1 amide bonds. The average Bonchev–Trinajstić information content (AvgIpc) is 1.88. The van der Waals surface area contributed by atoms with Crippen molar-refractivity contribution in [2.24, 2.45) is 5.73 Å². The predicted molar refractivity (Wildman–Crippen MR) is 34.4 cm³/mol. The van der Waals surface area contributed by atoms with E-state index < -0.39 is 0 Å². The Balaban J connectivity index is 2.19. The van der Waals surface area contributed by atoms with E-state index in [2.05, 4.69) is 0 Å². The van der Waals surface area contributed by atoms with Gasteiger partial charge in [0.2, 0.25) is 5.91 Å². The average molecular weight is 145 g/mol. The maximum Gasteiger partial charge on any atom is 0.220 e. The molecule has 1 fully saturated rings. The van der Waals surface area contributed by atoms with E-state index in [1.54, 1.807) is 0 Å². The molecule has 0 aromatic heterocycles. The molecule has 4 heteroatoms. The van der Waals surface area contributed by atoms with E-state index in [9.17, 15) is 4.79 Å². The predicted octanol–water partition coefficient (Wildman–Crippen LogP) is -0.723. The van der Waals surface area contributed by atoms with Gasteiger partial charge in [0.15, 0.2) is 0 Å². The van der Waals surface area contributed by atoms with Gasteiger partial charge in [-0.2, -0.15) is 0 Å². The van der Waals surface area contributed by atoms with Crippen LogP contribution in [0.5, 0.6) is 0 Å². The number of primary amides is 1. The van der Waals surface area contributed by atoms with Crippen LogP contribution in [0.2, 0.25) is 0 Å². The van der Waals surface area contributed by atoms with Gasteiger partial charge in [-0.3, -0.25) is 4.79 Å². The monoisotopic (exact) mass is 145 g/mol. The number of hydrogen-bond donors (Lipinski definition) is 1. The molecule has 2 N–H and O–H groups in total. The first-order valence-electron chi connectivity index (χ1n) is 3.26. The third-order valence-corrected chi connectivity index (χ3v) is 1.31. The Morgan fingerprint density at radius 1 is 1.60 bits per heavy atom. The minimum Gasteiger partial charge on any atom is -0.376 e. The molecule has 0 aromatic rings. The maximum atomic E-state index is 10.4. The van der Waals surface area contributed by atoms with Crippen LogP contribution in [0, 0.1) is 0 Å². The van der Waals surface area contributed by atoms with Gasteiger partial charge in [-0.05, 0) is 0 Å². The molecule has 1 saturated heterocycles. The molecule has 10 heavy (non-hydrogen) atoms. The quantitative estimate of drug-likeness (QED) is 0.557. The van der Waals surface area contributed by atoms with Crippen LogP contribution in [0.4, 0.5) is 0 Å². The van der Waals surface area contributed by atoms with Gasteiger partial charge in [0.05, 0.1) is 32.3 Å². The highest BCUT2D eigenvalue weighted by atomic mass is 16.6. The van der Waals surface area contributed by atoms with Gasteiger partial charge in [0.25, 0.3) is 0 Å². The number of carbonyl (C=O) groups excluding carboxylic acids is 1. The number of amides is 1. The SMILES string of the molecule is NC(=O)C[C@H]1COCCO1. The summed E-state index contributed by atoms with van der Waals surface area (Å²) in [5.74, 6) is -0.337. The summed E-state index contributed by atoms with van der Waals surface area (Å²) in [5.41, 5.74) is 4.95. The van der Waals surface area contributed by atoms with Crippen molar-refractivity contribution in [3.63, 3.8) is 0 Å². The first-order chi connectivity index (χ1) is 4.79. The summed E-state index contributed by atoms with van der Waals surface area (Å²) in [6.07, 6.45) is 0.145. The molecular formula is C6H11NO3. The van der Waals surface area contributed by atoms with E-state index in [0.717, 1.165) is 0 Å². The Morgan fingerprint density at radius 2 is 2.40 bits per heavy atom. The van der Waals surface area contributed by atoms with E-state index in [4.69, 9.17) is 15.2 Å². The van der Waals surface area contributed by atoms with Crippen molar-refractivity contribution in [3.8, 4) is 0 Å². The maximum absolute atomic E-state index is 10.4. The van der Waals surface area contributed by atoms with Crippen LogP contribution in [0.1, 0.15) is 6.42 Å². The van der Waals surface area contributed by atoms with Crippen molar-refractivity contribution in [2.45, 2.75) is 12.5 Å². The van der Waals surface area contributed by atoms with Gasteiger partial charge in [-0.15, -0.1) is 0 Å². The largest absolute Gasteiger partial charge is 0.376 e. The molecule has 1 aliphatic rings. The van der Waals surface area contributed by atoms with E-state index in [0.29, 0.717) is 19.8 Å². The number of ether oxygens (including phenoxy) is 2. The van der Waals surface area contributed by atoms with Crippen LogP contribution in [0.15, 0.2) is 0 Å². The summed E-state index contributed by atoms with van der Waals surface area (Å²) < 4.78 is 10.2. The molecule has 0 bridgehead atoms. The lowest BCUT2D eigenvalue weighted by Crippen LogP contribution is -2.32. The Kier molecular flexibility index (Phi) is 2.65. The Bertz CT molecular complexity index is 120. The number of nitrogens with two attached hydrogens (primary N) is 1. The summed E-state index contributed by atoms with van der Waals surface area (Å²) in [4.78, 5) is 10.4. The molecule has 4 nitrogen and oxygen atoms in total. The Morgan fingerprint density at radius 3 is 2.90 bits per heavy atom. The van der Waals surface area contributed by atoms with Crippen molar-refractivity contribution in [2.75, 3.05) is 19.8 Å². The normalized spacial score (nSPS) is 26.2. The molecule has 1 heterocycles. The minimum absolute atomic E-state index is 0.119. The highest BCUT2D eigenvalue weighted by Crippen LogP contribution is 2.03. The zero-order chi connectivity index (χ0) is 7.40. The number of carbonyl (C=O) groups is 1. The summed E-state index contributed by atoms with van der Waals surface area (Å²) >= 11 is 0. The van der Waals surface area contributed by atoms with Crippen LogP contribution in [-0.4, -0.2) is 31.8 Å². The smallest absolute Gasteiger partial charge is 0.220 e. The standard InChI is InChI=1S/C6H11NO3/c7-6(8)3-5-4-9-1-2-10-5/h5H,1-4H2,(H2,7,8)/t5-/m0/s1. The van der Waals surface area contributed by atoms with E-state index >= 15 is 0 Å². The van der Waals surface area contributed by atoms with E-state index in [1.165, 1.54) is 0 Å².